The van der Waals surface area contributed by atoms with Crippen molar-refractivity contribution in [1.29, 1.82) is 0 Å². The lowest BCUT2D eigenvalue weighted by molar-refractivity contribution is -0.190. The van der Waals surface area contributed by atoms with Gasteiger partial charge in [-0.1, -0.05) is 0 Å². The fraction of sp³-hybridized carbons (Fsp3) is 0.833. The van der Waals surface area contributed by atoms with Crippen LogP contribution in [0.5, 0.6) is 0 Å². The highest BCUT2D eigenvalue weighted by molar-refractivity contribution is 7.80. The molecule has 0 aromatic rings. The molecule has 0 aromatic heterocycles. The van der Waals surface area contributed by atoms with Gasteiger partial charge in [-0.15, -0.1) is 0 Å². The number of nitrogens with two attached hydrogens (primary N) is 1. The van der Waals surface area contributed by atoms with E-state index >= 15 is 0 Å². The Morgan fingerprint density at radius 1 is 1.36 bits per heavy atom. The second-order valence-electron chi connectivity index (χ2n) is 2.92. The summed E-state index contributed by atoms with van der Waals surface area (Å²) in [5.41, 5.74) is 2.14. The third kappa shape index (κ3) is 2.50. The van der Waals surface area contributed by atoms with Crippen molar-refractivity contribution in [1.82, 2.24) is 10.7 Å². The van der Waals surface area contributed by atoms with E-state index in [1.54, 1.807) is 0 Å². The van der Waals surface area contributed by atoms with Crippen molar-refractivity contribution in [3.63, 3.8) is 0 Å². The summed E-state index contributed by atoms with van der Waals surface area (Å²) in [7, 11) is 0. The number of hydrazine groups is 1. The summed E-state index contributed by atoms with van der Waals surface area (Å²) >= 11 is 4.67. The van der Waals surface area contributed by atoms with Crippen molar-refractivity contribution in [2.75, 3.05) is 6.61 Å². The van der Waals surface area contributed by atoms with E-state index in [9.17, 15) is 10.2 Å². The van der Waals surface area contributed by atoms with Gasteiger partial charge in [0.15, 0.2) is 11.3 Å². The SMILES string of the molecule is NNC(=S)NC1OC[C@@H](O)[C@H](O)C1O. The van der Waals surface area contributed by atoms with Crippen LogP contribution in [-0.4, -0.2) is 51.6 Å². The number of thiocarbonyl (C=S) groups is 1. The van der Waals surface area contributed by atoms with Crippen molar-refractivity contribution >= 4 is 17.3 Å². The Bertz CT molecular complexity index is 217. The molecule has 0 radical (unpaired) electrons. The second kappa shape index (κ2) is 4.82. The average Bonchev–Trinajstić information content (AvgIpc) is 2.19. The van der Waals surface area contributed by atoms with Crippen LogP contribution >= 0.6 is 12.2 Å². The summed E-state index contributed by atoms with van der Waals surface area (Å²) < 4.78 is 4.99. The molecule has 14 heavy (non-hydrogen) atoms. The van der Waals surface area contributed by atoms with Crippen LogP contribution in [0.2, 0.25) is 0 Å². The topological polar surface area (TPSA) is 120 Å². The molecule has 4 atom stereocenters. The van der Waals surface area contributed by atoms with Crippen molar-refractivity contribution in [3.8, 4) is 0 Å². The Kier molecular flexibility index (Phi) is 3.98. The minimum absolute atomic E-state index is 0.0803. The van der Waals surface area contributed by atoms with Crippen LogP contribution in [0.1, 0.15) is 0 Å². The Morgan fingerprint density at radius 2 is 2.00 bits per heavy atom. The minimum Gasteiger partial charge on any atom is -0.388 e. The zero-order valence-electron chi connectivity index (χ0n) is 7.25. The fourth-order valence-electron chi connectivity index (χ4n) is 1.10. The molecule has 0 aromatic carbocycles. The standard InChI is InChI=1S/C6H13N3O4S/c7-9-6(14)8-5-4(12)3(11)2(10)1-13-5/h2-5,10-12H,1,7H2,(H2,8,9,14)/t2-,3+,4?,5?/m1/s1. The molecule has 1 saturated heterocycles. The summed E-state index contributed by atoms with van der Waals surface area (Å²) in [5.74, 6) is 4.99. The monoisotopic (exact) mass is 223 g/mol. The van der Waals surface area contributed by atoms with Gasteiger partial charge < -0.3 is 30.8 Å². The highest BCUT2D eigenvalue weighted by atomic mass is 32.1. The van der Waals surface area contributed by atoms with Crippen LogP contribution in [-0.2, 0) is 4.74 Å². The lowest BCUT2D eigenvalue weighted by Crippen LogP contribution is -2.60. The van der Waals surface area contributed by atoms with Gasteiger partial charge in [-0.2, -0.15) is 0 Å². The molecule has 8 heteroatoms. The number of hydrogen-bond acceptors (Lipinski definition) is 6. The van der Waals surface area contributed by atoms with Crippen molar-refractivity contribution in [2.24, 2.45) is 5.84 Å². The molecule has 1 heterocycles. The fourth-order valence-corrected chi connectivity index (χ4v) is 1.22. The number of rotatable bonds is 1. The first-order chi connectivity index (χ1) is 6.56. The van der Waals surface area contributed by atoms with Gasteiger partial charge in [-0.05, 0) is 12.2 Å². The normalized spacial score (nSPS) is 37.7. The molecule has 1 fully saturated rings. The number of hydrogen-bond donors (Lipinski definition) is 6. The number of aliphatic hydroxyl groups is 3. The predicted octanol–water partition coefficient (Wildman–Crippen LogP) is -3.24. The highest BCUT2D eigenvalue weighted by Crippen LogP contribution is 2.13. The van der Waals surface area contributed by atoms with E-state index in [4.69, 9.17) is 15.7 Å². The molecule has 0 saturated carbocycles. The predicted molar refractivity (Wildman–Crippen MR) is 50.8 cm³/mol. The molecule has 2 unspecified atom stereocenters. The first kappa shape index (κ1) is 11.6. The molecule has 7 N–H and O–H groups in total. The Balaban J connectivity index is 2.50. The van der Waals surface area contributed by atoms with Gasteiger partial charge in [0.05, 0.1) is 6.61 Å². The molecule has 7 nitrogen and oxygen atoms in total. The number of aliphatic hydroxyl groups excluding tert-OH is 3. The van der Waals surface area contributed by atoms with E-state index in [0.29, 0.717) is 0 Å². The minimum atomic E-state index is -1.26. The molecule has 82 valence electrons. The van der Waals surface area contributed by atoms with E-state index < -0.39 is 24.5 Å². The molecule has 1 rings (SSSR count). The molecule has 1 aliphatic rings. The Labute approximate surface area is 85.8 Å². The maximum Gasteiger partial charge on any atom is 0.182 e. The largest absolute Gasteiger partial charge is 0.388 e. The van der Waals surface area contributed by atoms with Crippen molar-refractivity contribution < 1.29 is 20.1 Å². The van der Waals surface area contributed by atoms with Crippen LogP contribution in [0.15, 0.2) is 0 Å². The van der Waals surface area contributed by atoms with Gasteiger partial charge in [0, 0.05) is 0 Å². The molecule has 0 aliphatic carbocycles. The summed E-state index contributed by atoms with van der Waals surface area (Å²) in [6.07, 6.45) is -4.49. The van der Waals surface area contributed by atoms with Gasteiger partial charge in [0.25, 0.3) is 0 Å². The van der Waals surface area contributed by atoms with Crippen LogP contribution in [0.4, 0.5) is 0 Å². The lowest BCUT2D eigenvalue weighted by Gasteiger charge is -2.35. The quantitative estimate of drug-likeness (QED) is 0.156. The van der Waals surface area contributed by atoms with Gasteiger partial charge >= 0.3 is 0 Å². The molecule has 0 spiro atoms. The summed E-state index contributed by atoms with van der Waals surface area (Å²) in [6.45, 7) is -0.0803. The molecule has 0 bridgehead atoms. The van der Waals surface area contributed by atoms with Crippen LogP contribution in [0, 0.1) is 0 Å². The van der Waals surface area contributed by atoms with E-state index in [2.05, 4.69) is 23.0 Å². The van der Waals surface area contributed by atoms with E-state index in [-0.39, 0.29) is 11.7 Å². The number of nitrogens with one attached hydrogen (secondary N) is 2. The molecular weight excluding hydrogens is 210 g/mol. The molecule has 1 aliphatic heterocycles. The van der Waals surface area contributed by atoms with Gasteiger partial charge in [-0.3, -0.25) is 0 Å². The van der Waals surface area contributed by atoms with Crippen molar-refractivity contribution in [2.45, 2.75) is 24.5 Å². The van der Waals surface area contributed by atoms with Gasteiger partial charge in [0.2, 0.25) is 0 Å². The molecule has 0 amide bonds. The zero-order valence-corrected chi connectivity index (χ0v) is 8.07. The van der Waals surface area contributed by atoms with E-state index in [1.165, 1.54) is 0 Å². The maximum atomic E-state index is 9.43. The second-order valence-corrected chi connectivity index (χ2v) is 3.33. The Morgan fingerprint density at radius 3 is 2.57 bits per heavy atom. The molecular formula is C6H13N3O4S. The third-order valence-electron chi connectivity index (χ3n) is 1.91. The van der Waals surface area contributed by atoms with E-state index in [1.807, 2.05) is 0 Å². The third-order valence-corrected chi connectivity index (χ3v) is 2.14. The van der Waals surface area contributed by atoms with Crippen molar-refractivity contribution in [3.05, 3.63) is 0 Å². The zero-order chi connectivity index (χ0) is 10.7. The summed E-state index contributed by atoms with van der Waals surface area (Å²) in [6, 6.07) is 0. The van der Waals surface area contributed by atoms with E-state index in [0.717, 1.165) is 0 Å². The Hall–Kier alpha value is -0.510. The first-order valence-electron chi connectivity index (χ1n) is 3.99. The smallest absolute Gasteiger partial charge is 0.182 e. The number of ether oxygens (including phenoxy) is 1. The van der Waals surface area contributed by atoms with Crippen LogP contribution < -0.4 is 16.6 Å². The lowest BCUT2D eigenvalue weighted by atomic mass is 10.0. The summed E-state index contributed by atoms with van der Waals surface area (Å²) in [5, 5.41) is 30.4. The highest BCUT2D eigenvalue weighted by Gasteiger charge is 2.37. The average molecular weight is 223 g/mol. The first-order valence-corrected chi connectivity index (χ1v) is 4.40. The summed E-state index contributed by atoms with van der Waals surface area (Å²) in [4.78, 5) is 0. The van der Waals surface area contributed by atoms with Gasteiger partial charge in [-0.25, -0.2) is 5.84 Å². The van der Waals surface area contributed by atoms with Crippen LogP contribution in [0.3, 0.4) is 0 Å². The van der Waals surface area contributed by atoms with Gasteiger partial charge in [0.1, 0.15) is 18.3 Å². The maximum absolute atomic E-state index is 9.43. The van der Waals surface area contributed by atoms with Crippen LogP contribution in [0.25, 0.3) is 0 Å².